The first-order valence-corrected chi connectivity index (χ1v) is 8.85. The third-order valence-corrected chi connectivity index (χ3v) is 4.58. The van der Waals surface area contributed by atoms with Gasteiger partial charge in [-0.1, -0.05) is 12.1 Å². The Hall–Kier alpha value is -2.45. The second-order valence-corrected chi connectivity index (χ2v) is 7.36. The van der Waals surface area contributed by atoms with Crippen molar-refractivity contribution in [2.24, 2.45) is 0 Å². The second-order valence-electron chi connectivity index (χ2n) is 4.80. The number of hydrogen-bond acceptors (Lipinski definition) is 5. The average Bonchev–Trinajstić information content (AvgIpc) is 2.99. The van der Waals surface area contributed by atoms with Gasteiger partial charge in [-0.25, -0.2) is 13.4 Å². The normalized spacial score (nSPS) is 11.5. The van der Waals surface area contributed by atoms with Crippen LogP contribution in [0.3, 0.4) is 0 Å². The number of amides is 1. The van der Waals surface area contributed by atoms with Gasteiger partial charge in [-0.05, 0) is 23.8 Å². The fraction of sp³-hybridized carbons (Fsp3) is 0.0714. The third-order valence-electron chi connectivity index (χ3n) is 3.21. The molecule has 3 aromatic rings. The number of pyridine rings is 1. The van der Waals surface area contributed by atoms with E-state index in [1.54, 1.807) is 24.4 Å². The number of nitrogens with one attached hydrogen (secondary N) is 2. The number of rotatable bonds is 4. The summed E-state index contributed by atoms with van der Waals surface area (Å²) in [5.41, 5.74) is 1.78. The maximum atomic E-state index is 12.1. The van der Waals surface area contributed by atoms with E-state index in [0.717, 1.165) is 10.9 Å². The Balaban J connectivity index is 1.68. The van der Waals surface area contributed by atoms with Crippen LogP contribution in [0.4, 0.5) is 0 Å². The summed E-state index contributed by atoms with van der Waals surface area (Å²) >= 11 is 0. The van der Waals surface area contributed by atoms with Crippen molar-refractivity contribution in [2.75, 3.05) is 0 Å². The molecule has 2 heterocycles. The number of aromatic nitrogens is 3. The number of benzene rings is 1. The summed E-state index contributed by atoms with van der Waals surface area (Å²) in [6.45, 7) is 0.255. The molecule has 9 heteroatoms. The van der Waals surface area contributed by atoms with Gasteiger partial charge in [-0.2, -0.15) is 5.10 Å². The van der Waals surface area contributed by atoms with Gasteiger partial charge in [0.25, 0.3) is 15.0 Å². The number of carbonyl (C=O) groups excluding carboxylic acids is 1. The minimum absolute atomic E-state index is 0.0175. The van der Waals surface area contributed by atoms with Crippen LogP contribution in [0.2, 0.25) is 0 Å². The van der Waals surface area contributed by atoms with E-state index < -0.39 is 9.05 Å². The highest BCUT2D eigenvalue weighted by atomic mass is 35.7. The van der Waals surface area contributed by atoms with Gasteiger partial charge in [0.1, 0.15) is 0 Å². The molecular formula is C14H11ClN4O3S. The van der Waals surface area contributed by atoms with E-state index in [2.05, 4.69) is 20.5 Å². The average molecular weight is 351 g/mol. The minimum atomic E-state index is -3.74. The number of nitrogens with zero attached hydrogens (tertiary/aromatic N) is 2. The summed E-state index contributed by atoms with van der Waals surface area (Å²) in [5, 5.41) is 10.0. The molecule has 0 aliphatic carbocycles. The van der Waals surface area contributed by atoms with Gasteiger partial charge < -0.3 is 5.32 Å². The molecule has 3 rings (SSSR count). The highest BCUT2D eigenvalue weighted by molar-refractivity contribution is 8.13. The molecule has 0 fully saturated rings. The number of hydrogen-bond donors (Lipinski definition) is 2. The molecule has 1 amide bonds. The van der Waals surface area contributed by atoms with E-state index in [0.29, 0.717) is 11.2 Å². The number of aromatic amines is 1. The van der Waals surface area contributed by atoms with Crippen molar-refractivity contribution in [3.05, 3.63) is 53.9 Å². The van der Waals surface area contributed by atoms with E-state index in [9.17, 15) is 13.2 Å². The molecule has 23 heavy (non-hydrogen) atoms. The Morgan fingerprint density at radius 2 is 1.96 bits per heavy atom. The third kappa shape index (κ3) is 3.49. The van der Waals surface area contributed by atoms with Crippen LogP contribution >= 0.6 is 10.7 Å². The lowest BCUT2D eigenvalue weighted by atomic mass is 10.2. The summed E-state index contributed by atoms with van der Waals surface area (Å²) < 4.78 is 22.3. The Morgan fingerprint density at radius 3 is 2.65 bits per heavy atom. The lowest BCUT2D eigenvalue weighted by Gasteiger charge is -2.06. The van der Waals surface area contributed by atoms with Crippen LogP contribution in [0.1, 0.15) is 15.9 Å². The number of carbonyl (C=O) groups is 1. The van der Waals surface area contributed by atoms with Gasteiger partial charge in [0.2, 0.25) is 0 Å². The predicted molar refractivity (Wildman–Crippen MR) is 84.5 cm³/mol. The maximum absolute atomic E-state index is 12.1. The van der Waals surface area contributed by atoms with Crippen molar-refractivity contribution in [1.29, 1.82) is 0 Å². The Kier molecular flexibility index (Phi) is 4.01. The van der Waals surface area contributed by atoms with Crippen LogP contribution in [0.15, 0.2) is 47.6 Å². The summed E-state index contributed by atoms with van der Waals surface area (Å²) in [5.74, 6) is -0.283. The van der Waals surface area contributed by atoms with E-state index in [1.807, 2.05) is 0 Å². The fourth-order valence-corrected chi connectivity index (χ4v) is 2.78. The molecule has 0 saturated carbocycles. The van der Waals surface area contributed by atoms with Crippen LogP contribution in [-0.2, 0) is 15.6 Å². The van der Waals surface area contributed by atoms with Crippen molar-refractivity contribution in [2.45, 2.75) is 11.4 Å². The summed E-state index contributed by atoms with van der Waals surface area (Å²) in [6, 6.07) is 7.65. The molecule has 0 unspecified atom stereocenters. The van der Waals surface area contributed by atoms with Crippen molar-refractivity contribution in [3.8, 4) is 0 Å². The fourth-order valence-electron chi connectivity index (χ4n) is 2.02. The monoisotopic (exact) mass is 350 g/mol. The molecule has 0 aliphatic heterocycles. The molecule has 118 valence electrons. The second kappa shape index (κ2) is 5.98. The van der Waals surface area contributed by atoms with Gasteiger partial charge >= 0.3 is 0 Å². The van der Waals surface area contributed by atoms with E-state index >= 15 is 0 Å². The van der Waals surface area contributed by atoms with Crippen molar-refractivity contribution < 1.29 is 13.2 Å². The zero-order valence-corrected chi connectivity index (χ0v) is 13.2. The molecule has 2 N–H and O–H groups in total. The summed E-state index contributed by atoms with van der Waals surface area (Å²) in [6.07, 6.45) is 3.05. The van der Waals surface area contributed by atoms with Gasteiger partial charge in [-0.15, -0.1) is 0 Å². The highest BCUT2D eigenvalue weighted by Crippen LogP contribution is 2.15. The van der Waals surface area contributed by atoms with Gasteiger partial charge in [-0.3, -0.25) is 9.89 Å². The predicted octanol–water partition coefficient (Wildman–Crippen LogP) is 1.82. The topological polar surface area (TPSA) is 105 Å². The number of halogens is 1. The number of H-pyrrole nitrogens is 1. The molecule has 0 atom stereocenters. The molecule has 0 radical (unpaired) electrons. The van der Waals surface area contributed by atoms with Gasteiger partial charge in [0.15, 0.2) is 5.65 Å². The Bertz CT molecular complexity index is 967. The largest absolute Gasteiger partial charge is 0.348 e. The first-order chi connectivity index (χ1) is 10.9. The molecule has 7 nitrogen and oxygen atoms in total. The summed E-state index contributed by atoms with van der Waals surface area (Å²) in [7, 11) is 1.50. The Labute approximate surface area is 136 Å². The van der Waals surface area contributed by atoms with Crippen LogP contribution in [0.5, 0.6) is 0 Å². The van der Waals surface area contributed by atoms with E-state index in [4.69, 9.17) is 10.7 Å². The van der Waals surface area contributed by atoms with Crippen molar-refractivity contribution in [3.63, 3.8) is 0 Å². The lowest BCUT2D eigenvalue weighted by Crippen LogP contribution is -2.22. The maximum Gasteiger partial charge on any atom is 0.261 e. The van der Waals surface area contributed by atoms with Crippen LogP contribution in [0.25, 0.3) is 11.0 Å². The first-order valence-electron chi connectivity index (χ1n) is 6.54. The summed E-state index contributed by atoms with van der Waals surface area (Å²) in [4.78, 5) is 16.2. The van der Waals surface area contributed by atoms with E-state index in [-0.39, 0.29) is 17.3 Å². The lowest BCUT2D eigenvalue weighted by molar-refractivity contribution is 0.0950. The Morgan fingerprint density at radius 1 is 1.22 bits per heavy atom. The van der Waals surface area contributed by atoms with Crippen molar-refractivity contribution in [1.82, 2.24) is 20.5 Å². The van der Waals surface area contributed by atoms with Crippen LogP contribution in [-0.4, -0.2) is 29.5 Å². The number of fused-ring (bicyclic) bond motifs is 1. The van der Waals surface area contributed by atoms with Crippen molar-refractivity contribution >= 4 is 36.7 Å². The molecule has 0 aliphatic rings. The minimum Gasteiger partial charge on any atom is -0.348 e. The zero-order valence-electron chi connectivity index (χ0n) is 11.7. The molecule has 2 aromatic heterocycles. The van der Waals surface area contributed by atoms with Gasteiger partial charge in [0.05, 0.1) is 16.7 Å². The van der Waals surface area contributed by atoms with Gasteiger partial charge in [0, 0.05) is 28.8 Å². The highest BCUT2D eigenvalue weighted by Gasteiger charge is 2.10. The first kappa shape index (κ1) is 15.4. The standard InChI is InChI=1S/C14H11ClN4O3S/c15-23(21,22)12-3-1-9(2-4-12)6-17-14(20)11-5-10-8-18-19-13(10)16-7-11/h1-5,7-8H,6H2,(H,17,20)(H,16,18,19). The SMILES string of the molecule is O=C(NCc1ccc(S(=O)(=O)Cl)cc1)c1cnc2[nH]ncc2c1. The molecular weight excluding hydrogens is 340 g/mol. The zero-order chi connectivity index (χ0) is 16.4. The molecule has 1 aromatic carbocycles. The molecule has 0 saturated heterocycles. The van der Waals surface area contributed by atoms with E-state index in [1.165, 1.54) is 18.3 Å². The van der Waals surface area contributed by atoms with Crippen LogP contribution < -0.4 is 5.32 Å². The smallest absolute Gasteiger partial charge is 0.261 e. The quantitative estimate of drug-likeness (QED) is 0.698. The molecule has 0 spiro atoms. The molecule has 0 bridgehead atoms. The van der Waals surface area contributed by atoms with Crippen LogP contribution in [0, 0.1) is 0 Å².